The normalized spacial score (nSPS) is 26.2. The van der Waals surface area contributed by atoms with Crippen LogP contribution in [0.15, 0.2) is 91.2 Å². The lowest BCUT2D eigenvalue weighted by Crippen LogP contribution is -2.63. The zero-order valence-corrected chi connectivity index (χ0v) is 35.0. The largest absolute Gasteiger partial charge is 0.391 e. The van der Waals surface area contributed by atoms with Crippen LogP contribution in [-0.4, -0.2) is 152 Å². The highest BCUT2D eigenvalue weighted by molar-refractivity contribution is 5.94. The van der Waals surface area contributed by atoms with Gasteiger partial charge in [0, 0.05) is 37.1 Å². The molecule has 0 unspecified atom stereocenters. The van der Waals surface area contributed by atoms with Gasteiger partial charge in [0.1, 0.15) is 12.1 Å². The summed E-state index contributed by atoms with van der Waals surface area (Å²) in [7, 11) is 1.23. The minimum Gasteiger partial charge on any atom is -0.391 e. The number of allylic oxidation sites excluding steroid dienone is 4. The Balaban J connectivity index is 1.33. The van der Waals surface area contributed by atoms with Crippen molar-refractivity contribution in [1.82, 2.24) is 41.8 Å². The van der Waals surface area contributed by atoms with Gasteiger partial charge in [-0.05, 0) is 23.6 Å². The average Bonchev–Trinajstić information content (AvgIpc) is 3.80. The van der Waals surface area contributed by atoms with Crippen molar-refractivity contribution in [3.05, 3.63) is 102 Å². The Hall–Kier alpha value is -6.71. The van der Waals surface area contributed by atoms with E-state index < -0.39 is 129 Å². The summed E-state index contributed by atoms with van der Waals surface area (Å²) >= 11 is 0. The molecule has 7 amide bonds. The summed E-state index contributed by atoms with van der Waals surface area (Å²) in [6.45, 7) is -1.74. The third kappa shape index (κ3) is 13.6. The van der Waals surface area contributed by atoms with E-state index in [1.54, 1.807) is 36.6 Å². The van der Waals surface area contributed by atoms with Crippen molar-refractivity contribution in [2.24, 2.45) is 0 Å². The molecule has 3 heterocycles. The van der Waals surface area contributed by atoms with Gasteiger partial charge in [-0.3, -0.25) is 33.6 Å². The molecule has 8 atom stereocenters. The molecule has 2 aliphatic rings. The maximum absolute atomic E-state index is 13.6. The second kappa shape index (κ2) is 22.6. The van der Waals surface area contributed by atoms with E-state index in [1.165, 1.54) is 13.1 Å². The highest BCUT2D eigenvalue weighted by Crippen LogP contribution is 2.24. The van der Waals surface area contributed by atoms with E-state index in [0.29, 0.717) is 5.56 Å². The second-order valence-electron chi connectivity index (χ2n) is 15.6. The Kier molecular flexibility index (Phi) is 17.1. The minimum absolute atomic E-state index is 0.0398. The molecule has 12 N–H and O–H groups in total. The average molecular weight is 887 g/mol. The number of para-hydroxylation sites is 1. The number of hydrogen-bond acceptors (Lipinski definition) is 12. The number of nitrogens with one attached hydrogen (secondary N) is 7. The van der Waals surface area contributed by atoms with Crippen LogP contribution in [0, 0.1) is 0 Å². The zero-order valence-electron chi connectivity index (χ0n) is 35.0. The molecule has 3 aromatic rings. The van der Waals surface area contributed by atoms with E-state index in [9.17, 15) is 59.1 Å². The van der Waals surface area contributed by atoms with Crippen molar-refractivity contribution in [2.45, 2.75) is 80.4 Å². The number of β-amino-alcohol motifs (C(OH)–C–C–N with tert-alkyl or cyclic N) is 1. The Bertz CT molecular complexity index is 2250. The Morgan fingerprint density at radius 3 is 2.28 bits per heavy atom. The lowest BCUT2D eigenvalue weighted by molar-refractivity contribution is -0.145. The molecule has 5 rings (SSSR count). The van der Waals surface area contributed by atoms with E-state index in [-0.39, 0.29) is 12.8 Å². The number of aromatic nitrogens is 1. The van der Waals surface area contributed by atoms with Crippen molar-refractivity contribution >= 4 is 58.3 Å². The maximum Gasteiger partial charge on any atom is 0.251 e. The summed E-state index contributed by atoms with van der Waals surface area (Å²) in [5.74, 6) is -6.38. The van der Waals surface area contributed by atoms with Crippen molar-refractivity contribution in [3.8, 4) is 0 Å². The summed E-state index contributed by atoms with van der Waals surface area (Å²) in [6, 6.07) is 12.0. The van der Waals surface area contributed by atoms with Gasteiger partial charge in [-0.25, -0.2) is 0 Å². The van der Waals surface area contributed by atoms with Crippen LogP contribution in [0.5, 0.6) is 0 Å². The molecule has 20 heteroatoms. The third-order valence-electron chi connectivity index (χ3n) is 10.6. The summed E-state index contributed by atoms with van der Waals surface area (Å²) in [5.41, 5.74) is -0.0577. The van der Waals surface area contributed by atoms with Crippen LogP contribution in [-0.2, 0) is 40.0 Å². The molecular formula is C44H54N8O12. The summed E-state index contributed by atoms with van der Waals surface area (Å²) < 4.78 is 0. The van der Waals surface area contributed by atoms with E-state index in [2.05, 4.69) is 36.9 Å². The molecule has 20 nitrogen and oxygen atoms in total. The molecule has 2 aromatic carbocycles. The lowest BCUT2D eigenvalue weighted by atomic mass is 9.95. The predicted molar refractivity (Wildman–Crippen MR) is 231 cm³/mol. The molecular weight excluding hydrogens is 833 g/mol. The van der Waals surface area contributed by atoms with Crippen molar-refractivity contribution in [2.75, 3.05) is 26.7 Å². The van der Waals surface area contributed by atoms with Gasteiger partial charge in [0.15, 0.2) is 11.8 Å². The zero-order chi connectivity index (χ0) is 46.4. The number of aliphatic hydroxyl groups excluding tert-OH is 4. The van der Waals surface area contributed by atoms with Gasteiger partial charge in [0.25, 0.3) is 5.91 Å². The number of aromatic amines is 1. The fourth-order valence-corrected chi connectivity index (χ4v) is 7.13. The number of H-pyrrole nitrogens is 1. The molecule has 2 aliphatic heterocycles. The fraction of sp³-hybridized carbons (Fsp3) is 0.386. The lowest BCUT2D eigenvalue weighted by Gasteiger charge is -2.34. The Morgan fingerprint density at radius 2 is 1.52 bits per heavy atom. The number of hydrogen-bond donors (Lipinski definition) is 12. The van der Waals surface area contributed by atoms with E-state index in [1.807, 2.05) is 54.6 Å². The van der Waals surface area contributed by atoms with Gasteiger partial charge in [-0.15, -0.1) is 0 Å². The summed E-state index contributed by atoms with van der Waals surface area (Å²) in [4.78, 5) is 96.3. The number of aliphatic hydroxyl groups is 5. The van der Waals surface area contributed by atoms with E-state index >= 15 is 0 Å². The highest BCUT2D eigenvalue weighted by Gasteiger charge is 2.49. The van der Waals surface area contributed by atoms with Crippen LogP contribution in [0.25, 0.3) is 17.0 Å². The monoisotopic (exact) mass is 886 g/mol. The fourth-order valence-electron chi connectivity index (χ4n) is 7.13. The van der Waals surface area contributed by atoms with Crippen molar-refractivity contribution in [1.29, 1.82) is 0 Å². The number of rotatable bonds is 9. The minimum atomic E-state index is -2.45. The molecule has 0 bridgehead atoms. The molecule has 64 heavy (non-hydrogen) atoms. The number of likely N-dealkylation sites (N-methyl/N-ethyl adjacent to an activating group) is 1. The van der Waals surface area contributed by atoms with Gasteiger partial charge < -0.3 is 67.3 Å². The summed E-state index contributed by atoms with van der Waals surface area (Å²) in [6.07, 6.45) is 1.68. The number of amides is 7. The first-order chi connectivity index (χ1) is 30.5. The number of carbonyl (C=O) groups is 7. The first-order valence-electron chi connectivity index (χ1n) is 20.6. The van der Waals surface area contributed by atoms with Crippen LogP contribution >= 0.6 is 0 Å². The SMILES string of the molecule is CN1CC(=O)N[C@H](Cc2c[nH]c3ccccc23)C(=O)NCC(=O)NC[C@H](O)CC(=O)N[C@H]([C@H](O)[C@@H](O)CC=CC=CC=Cc2ccccc2)[C@H](O)C(=O)N[C@@H]2CC(=O)N[C@@]2(O)CC1=O. The van der Waals surface area contributed by atoms with Gasteiger partial charge >= 0.3 is 0 Å². The van der Waals surface area contributed by atoms with Gasteiger partial charge in [0.2, 0.25) is 35.4 Å². The van der Waals surface area contributed by atoms with Crippen LogP contribution in [0.4, 0.5) is 0 Å². The molecule has 2 saturated heterocycles. The van der Waals surface area contributed by atoms with Crippen LogP contribution < -0.4 is 31.9 Å². The van der Waals surface area contributed by atoms with Crippen molar-refractivity contribution < 1.29 is 59.1 Å². The molecule has 0 spiro atoms. The maximum atomic E-state index is 13.6. The molecule has 0 aliphatic carbocycles. The van der Waals surface area contributed by atoms with Crippen molar-refractivity contribution in [3.63, 3.8) is 0 Å². The first kappa shape index (κ1) is 48.3. The smallest absolute Gasteiger partial charge is 0.251 e. The number of nitrogens with zero attached hydrogens (tertiary/aromatic N) is 1. The first-order valence-corrected chi connectivity index (χ1v) is 20.6. The topological polar surface area (TPSA) is 312 Å². The molecule has 342 valence electrons. The van der Waals surface area contributed by atoms with Crippen LogP contribution in [0.3, 0.4) is 0 Å². The predicted octanol–water partition coefficient (Wildman–Crippen LogP) is -2.48. The van der Waals surface area contributed by atoms with Gasteiger partial charge in [-0.1, -0.05) is 85.0 Å². The van der Waals surface area contributed by atoms with Gasteiger partial charge in [0.05, 0.1) is 56.6 Å². The van der Waals surface area contributed by atoms with Crippen LogP contribution in [0.1, 0.15) is 36.8 Å². The standard InChI is InChI=1S/C44H54N8O12/c1-52-25-37(58)48-31(18-27-22-45-30-16-11-10-15-29(27)30)42(62)47-24-36(57)46-23-28(53)19-34(55)50-39(41(61)43(63)49-33-20-35(56)51-44(33,64)21-38(52)59)40(60)32(54)17-9-4-2-3-6-12-26-13-7-5-8-14-26/h2-16,22,28,31-33,39-41,45,53-54,60-61,64H,17-21,23-25H2,1H3,(H,46,57)(H,47,62)(H,48,58)(H,49,63)(H,50,55)(H,51,56)/t28-,31-,32+,33-,39-,40-,41+,44-/m1/s1. The van der Waals surface area contributed by atoms with E-state index in [4.69, 9.17) is 0 Å². The molecule has 0 radical (unpaired) electrons. The highest BCUT2D eigenvalue weighted by atomic mass is 16.3. The molecule has 2 fully saturated rings. The Morgan fingerprint density at radius 1 is 0.797 bits per heavy atom. The third-order valence-corrected chi connectivity index (χ3v) is 10.6. The molecule has 1 aromatic heterocycles. The van der Waals surface area contributed by atoms with Crippen LogP contribution in [0.2, 0.25) is 0 Å². The number of benzene rings is 2. The second-order valence-corrected chi connectivity index (χ2v) is 15.6. The molecule has 0 saturated carbocycles. The quantitative estimate of drug-likeness (QED) is 0.0995. The Labute approximate surface area is 367 Å². The summed E-state index contributed by atoms with van der Waals surface area (Å²) in [5, 5.41) is 70.4. The van der Waals surface area contributed by atoms with Gasteiger partial charge in [-0.2, -0.15) is 0 Å². The number of fused-ring (bicyclic) bond motifs is 2. The number of carbonyl (C=O) groups excluding carboxylic acids is 7. The van der Waals surface area contributed by atoms with E-state index in [0.717, 1.165) is 21.4 Å².